The summed E-state index contributed by atoms with van der Waals surface area (Å²) in [4.78, 5) is 27.4. The molecule has 0 fully saturated rings. The van der Waals surface area contributed by atoms with E-state index in [0.717, 1.165) is 17.1 Å². The molecule has 8 heteroatoms. The molecule has 1 aromatic rings. The molecule has 0 aromatic carbocycles. The number of alkyl halides is 3. The van der Waals surface area contributed by atoms with Gasteiger partial charge in [-0.25, -0.2) is 4.98 Å². The summed E-state index contributed by atoms with van der Waals surface area (Å²) < 4.78 is 37.9. The zero-order valence-electron chi connectivity index (χ0n) is 11.5. The Kier molecular flexibility index (Phi) is 3.48. The number of nitrogens with one attached hydrogen (secondary N) is 1. The smallest absolute Gasteiger partial charge is 0.271 e. The van der Waals surface area contributed by atoms with Gasteiger partial charge in [-0.05, 0) is 32.9 Å². The van der Waals surface area contributed by atoms with Crippen molar-refractivity contribution in [1.82, 2.24) is 9.99 Å². The van der Waals surface area contributed by atoms with Gasteiger partial charge in [0.2, 0.25) is 0 Å². The van der Waals surface area contributed by atoms with E-state index in [1.165, 1.54) is 20.8 Å². The molecule has 0 saturated carbocycles. The molecule has 2 amide bonds. The van der Waals surface area contributed by atoms with Crippen LogP contribution in [-0.2, 0) is 15.8 Å². The summed E-state index contributed by atoms with van der Waals surface area (Å²) in [5, 5.41) is 0.736. The molecule has 0 unspecified atom stereocenters. The molecule has 0 bridgehead atoms. The number of rotatable bonds is 2. The fourth-order valence-corrected chi connectivity index (χ4v) is 1.89. The lowest BCUT2D eigenvalue weighted by Crippen LogP contribution is -2.37. The molecule has 0 radical (unpaired) electrons. The highest BCUT2D eigenvalue weighted by molar-refractivity contribution is 6.19. The highest BCUT2D eigenvalue weighted by Crippen LogP contribution is 2.31. The Labute approximate surface area is 118 Å². The first-order chi connectivity index (χ1) is 9.62. The zero-order valence-corrected chi connectivity index (χ0v) is 11.5. The van der Waals surface area contributed by atoms with Crippen molar-refractivity contribution in [3.8, 4) is 0 Å². The van der Waals surface area contributed by atoms with E-state index < -0.39 is 23.6 Å². The number of aromatic nitrogens is 1. The molecular weight excluding hydrogens is 287 g/mol. The van der Waals surface area contributed by atoms with Gasteiger partial charge in [0, 0.05) is 11.1 Å². The number of aryl methyl sites for hydroxylation is 1. The molecular formula is C13H12F3N3O2. The van der Waals surface area contributed by atoms with Crippen molar-refractivity contribution < 1.29 is 22.8 Å². The van der Waals surface area contributed by atoms with E-state index in [4.69, 9.17) is 0 Å². The van der Waals surface area contributed by atoms with Gasteiger partial charge in [0.05, 0.1) is 11.3 Å². The van der Waals surface area contributed by atoms with E-state index in [9.17, 15) is 22.8 Å². The first-order valence-electron chi connectivity index (χ1n) is 6.00. The fourth-order valence-electron chi connectivity index (χ4n) is 1.89. The molecule has 0 aliphatic carbocycles. The van der Waals surface area contributed by atoms with Crippen LogP contribution < -0.4 is 5.43 Å². The van der Waals surface area contributed by atoms with Crippen LogP contribution >= 0.6 is 0 Å². The Hall–Kier alpha value is -2.38. The fraction of sp³-hybridized carbons (Fsp3) is 0.308. The van der Waals surface area contributed by atoms with Crippen LogP contribution in [0.5, 0.6) is 0 Å². The minimum absolute atomic E-state index is 0.00954. The van der Waals surface area contributed by atoms with Crippen molar-refractivity contribution in [3.63, 3.8) is 0 Å². The molecule has 1 N–H and O–H groups in total. The average Bonchev–Trinajstić information content (AvgIpc) is 2.55. The number of halogens is 3. The molecule has 0 spiro atoms. The van der Waals surface area contributed by atoms with Crippen molar-refractivity contribution >= 4 is 17.6 Å². The lowest BCUT2D eigenvalue weighted by Gasteiger charge is -2.18. The Morgan fingerprint density at radius 1 is 1.05 bits per heavy atom. The predicted molar refractivity (Wildman–Crippen MR) is 67.8 cm³/mol. The van der Waals surface area contributed by atoms with Gasteiger partial charge in [0.1, 0.15) is 5.82 Å². The number of carbonyl (C=O) groups excluding carboxylic acids is 2. The molecule has 0 saturated heterocycles. The summed E-state index contributed by atoms with van der Waals surface area (Å²) in [7, 11) is 0. The average molecular weight is 299 g/mol. The third-order valence-electron chi connectivity index (χ3n) is 3.23. The van der Waals surface area contributed by atoms with Crippen LogP contribution in [-0.4, -0.2) is 21.8 Å². The van der Waals surface area contributed by atoms with Gasteiger partial charge in [-0.15, -0.1) is 0 Å². The molecule has 21 heavy (non-hydrogen) atoms. The van der Waals surface area contributed by atoms with Crippen LogP contribution in [0.1, 0.15) is 25.1 Å². The number of carbonyl (C=O) groups is 2. The Morgan fingerprint density at radius 2 is 1.57 bits per heavy atom. The van der Waals surface area contributed by atoms with Crippen LogP contribution in [0.25, 0.3) is 0 Å². The number of hydrogen-bond donors (Lipinski definition) is 1. The summed E-state index contributed by atoms with van der Waals surface area (Å²) in [6.07, 6.45) is -4.50. The van der Waals surface area contributed by atoms with Gasteiger partial charge in [-0.3, -0.25) is 15.0 Å². The van der Waals surface area contributed by atoms with E-state index in [0.29, 0.717) is 0 Å². The summed E-state index contributed by atoms with van der Waals surface area (Å²) in [5.41, 5.74) is 1.91. The van der Waals surface area contributed by atoms with Crippen LogP contribution in [0.15, 0.2) is 23.3 Å². The number of hydrazine groups is 1. The van der Waals surface area contributed by atoms with Crippen molar-refractivity contribution in [2.45, 2.75) is 26.9 Å². The number of anilines is 1. The van der Waals surface area contributed by atoms with Crippen LogP contribution in [0.4, 0.5) is 19.0 Å². The Morgan fingerprint density at radius 3 is 2.00 bits per heavy atom. The van der Waals surface area contributed by atoms with E-state index >= 15 is 0 Å². The van der Waals surface area contributed by atoms with Crippen molar-refractivity contribution in [2.75, 3.05) is 5.43 Å². The lowest BCUT2D eigenvalue weighted by molar-refractivity contribution is -0.139. The molecule has 5 nitrogen and oxygen atoms in total. The molecule has 112 valence electrons. The quantitative estimate of drug-likeness (QED) is 0.852. The monoisotopic (exact) mass is 299 g/mol. The highest BCUT2D eigenvalue weighted by Gasteiger charge is 2.35. The topological polar surface area (TPSA) is 62.3 Å². The number of pyridine rings is 1. The van der Waals surface area contributed by atoms with Crippen LogP contribution in [0.2, 0.25) is 0 Å². The molecule has 1 aliphatic rings. The molecule has 0 atom stereocenters. The van der Waals surface area contributed by atoms with Crippen molar-refractivity contribution in [2.24, 2.45) is 0 Å². The Bertz CT molecular complexity index is 641. The molecule has 2 rings (SSSR count). The van der Waals surface area contributed by atoms with E-state index in [1.807, 2.05) is 0 Å². The maximum atomic E-state index is 12.6. The number of imide groups is 1. The third kappa shape index (κ3) is 2.61. The molecule has 1 aliphatic heterocycles. The van der Waals surface area contributed by atoms with Gasteiger partial charge < -0.3 is 0 Å². The largest absolute Gasteiger partial charge is 0.418 e. The second kappa shape index (κ2) is 4.87. The Balaban J connectivity index is 2.25. The zero-order chi connectivity index (χ0) is 15.9. The second-order valence-electron chi connectivity index (χ2n) is 4.63. The number of nitrogens with zero attached hydrogens (tertiary/aromatic N) is 2. The maximum absolute atomic E-state index is 12.6. The van der Waals surface area contributed by atoms with Gasteiger partial charge in [-0.1, -0.05) is 0 Å². The number of amides is 2. The minimum Gasteiger partial charge on any atom is -0.271 e. The van der Waals surface area contributed by atoms with Crippen molar-refractivity contribution in [1.29, 1.82) is 0 Å². The standard InChI is InChI=1S/C13H12F3N3O2/c1-6-7(2)12(21)19(11(6)20)18-10-5-4-9(8(3)17-10)13(14,15)16/h4-5H,1-3H3,(H,17,18). The highest BCUT2D eigenvalue weighted by atomic mass is 19.4. The van der Waals surface area contributed by atoms with E-state index in [1.54, 1.807) is 0 Å². The van der Waals surface area contributed by atoms with Gasteiger partial charge in [0.15, 0.2) is 0 Å². The van der Waals surface area contributed by atoms with Gasteiger partial charge >= 0.3 is 6.18 Å². The van der Waals surface area contributed by atoms with Gasteiger partial charge in [0.25, 0.3) is 11.8 Å². The predicted octanol–water partition coefficient (Wildman–Crippen LogP) is 2.44. The summed E-state index contributed by atoms with van der Waals surface area (Å²) in [6.45, 7) is 4.21. The second-order valence-corrected chi connectivity index (χ2v) is 4.63. The minimum atomic E-state index is -4.50. The van der Waals surface area contributed by atoms with E-state index in [-0.39, 0.29) is 22.7 Å². The maximum Gasteiger partial charge on any atom is 0.418 e. The van der Waals surface area contributed by atoms with Crippen LogP contribution in [0, 0.1) is 6.92 Å². The SMILES string of the molecule is CC1=C(C)C(=O)N(Nc2ccc(C(F)(F)F)c(C)n2)C1=O. The third-order valence-corrected chi connectivity index (χ3v) is 3.23. The first kappa shape index (κ1) is 15.0. The molecule has 2 heterocycles. The lowest BCUT2D eigenvalue weighted by atomic mass is 10.2. The normalized spacial score (nSPS) is 16.0. The van der Waals surface area contributed by atoms with Gasteiger partial charge in [-0.2, -0.15) is 18.2 Å². The first-order valence-corrected chi connectivity index (χ1v) is 6.00. The summed E-state index contributed by atoms with van der Waals surface area (Å²) in [6, 6.07) is 1.92. The molecule has 1 aromatic heterocycles. The van der Waals surface area contributed by atoms with E-state index in [2.05, 4.69) is 10.4 Å². The van der Waals surface area contributed by atoms with Crippen molar-refractivity contribution in [3.05, 3.63) is 34.5 Å². The summed E-state index contributed by atoms with van der Waals surface area (Å²) >= 11 is 0. The van der Waals surface area contributed by atoms with Crippen LogP contribution in [0.3, 0.4) is 0 Å². The summed E-state index contributed by atoms with van der Waals surface area (Å²) in [5.74, 6) is -1.10. The number of hydrogen-bond acceptors (Lipinski definition) is 4.